The van der Waals surface area contributed by atoms with E-state index in [9.17, 15) is 4.79 Å². The Hall–Kier alpha value is -2.20. The molecule has 2 aromatic rings. The maximum Gasteiger partial charge on any atom is 0.343 e. The molecule has 0 aromatic heterocycles. The van der Waals surface area contributed by atoms with Crippen molar-refractivity contribution in [1.29, 1.82) is 0 Å². The Bertz CT molecular complexity index is 804. The molecule has 0 aliphatic rings. The van der Waals surface area contributed by atoms with Gasteiger partial charge in [0.05, 0.1) is 18.8 Å². The number of halogens is 1. The number of hydrogen-bond acceptors (Lipinski definition) is 4. The van der Waals surface area contributed by atoms with Crippen LogP contribution < -0.4 is 14.2 Å². The largest absolute Gasteiger partial charge is 0.494 e. The summed E-state index contributed by atoms with van der Waals surface area (Å²) in [4.78, 5) is 12.4. The van der Waals surface area contributed by atoms with Gasteiger partial charge in [-0.15, -0.1) is 11.6 Å². The Morgan fingerprint density at radius 1 is 0.765 bits per heavy atom. The van der Waals surface area contributed by atoms with Crippen LogP contribution >= 0.6 is 11.6 Å². The molecule has 0 saturated heterocycles. The smallest absolute Gasteiger partial charge is 0.343 e. The zero-order chi connectivity index (χ0) is 24.6. The van der Waals surface area contributed by atoms with Gasteiger partial charge in [0, 0.05) is 5.38 Å². The lowest BCUT2D eigenvalue weighted by molar-refractivity contribution is 0.0734. The zero-order valence-electron chi connectivity index (χ0n) is 21.1. The minimum absolute atomic E-state index is 0.278. The van der Waals surface area contributed by atoms with E-state index in [1.807, 2.05) is 24.3 Å². The Morgan fingerprint density at radius 3 is 1.97 bits per heavy atom. The van der Waals surface area contributed by atoms with E-state index < -0.39 is 5.97 Å². The number of carbonyl (C=O) groups is 1. The fourth-order valence-electron chi connectivity index (χ4n) is 3.78. The molecule has 0 bridgehead atoms. The second-order valence-corrected chi connectivity index (χ2v) is 9.63. The molecule has 0 heterocycles. The molecule has 2 aromatic carbocycles. The molecule has 0 saturated carbocycles. The van der Waals surface area contributed by atoms with E-state index in [1.54, 1.807) is 24.3 Å². The number of esters is 1. The van der Waals surface area contributed by atoms with Gasteiger partial charge < -0.3 is 14.2 Å². The summed E-state index contributed by atoms with van der Waals surface area (Å²) in [6, 6.07) is 14.3. The van der Waals surface area contributed by atoms with Gasteiger partial charge in [-0.3, -0.25) is 0 Å². The minimum Gasteiger partial charge on any atom is -0.494 e. The van der Waals surface area contributed by atoms with E-state index in [2.05, 4.69) is 20.8 Å². The van der Waals surface area contributed by atoms with Crippen LogP contribution in [0, 0.1) is 5.92 Å². The zero-order valence-corrected chi connectivity index (χ0v) is 21.8. The van der Waals surface area contributed by atoms with Crippen molar-refractivity contribution in [2.45, 2.75) is 83.9 Å². The fourth-order valence-corrected chi connectivity index (χ4v) is 4.31. The van der Waals surface area contributed by atoms with Gasteiger partial charge in [0.1, 0.15) is 17.2 Å². The molecule has 34 heavy (non-hydrogen) atoms. The molecule has 1 unspecified atom stereocenters. The molecule has 4 nitrogen and oxygen atoms in total. The van der Waals surface area contributed by atoms with Gasteiger partial charge in [-0.25, -0.2) is 4.79 Å². The first-order valence-electron chi connectivity index (χ1n) is 12.8. The second kappa shape index (κ2) is 16.4. The summed E-state index contributed by atoms with van der Waals surface area (Å²) in [5.74, 6) is 2.25. The predicted octanol–water partition coefficient (Wildman–Crippen LogP) is 8.46. The normalized spacial score (nSPS) is 12.7. The average molecular weight is 489 g/mol. The van der Waals surface area contributed by atoms with Crippen molar-refractivity contribution in [1.82, 2.24) is 0 Å². The van der Waals surface area contributed by atoms with Crippen molar-refractivity contribution < 1.29 is 19.0 Å². The molecule has 0 aliphatic carbocycles. The van der Waals surface area contributed by atoms with Gasteiger partial charge in [-0.05, 0) is 86.6 Å². The van der Waals surface area contributed by atoms with Crippen molar-refractivity contribution in [3.63, 3.8) is 0 Å². The standard InChI is InChI=1S/C29H41ClO4/c1-4-6-7-8-20-32-27-16-18-28(19-17-27)34-29(31)24-12-14-26(15-13-24)33-21-9-11-23(3)22-25(30)10-5-2/h12-19,23,25H,4-11,20-22H2,1-3H3/t23-,25?/m1/s1. The van der Waals surface area contributed by atoms with Gasteiger partial charge in [0.2, 0.25) is 0 Å². The number of alkyl halides is 1. The first-order chi connectivity index (χ1) is 16.5. The third-order valence-electron chi connectivity index (χ3n) is 5.76. The molecule has 0 aliphatic heterocycles. The number of hydrogen-bond donors (Lipinski definition) is 0. The third-order valence-corrected chi connectivity index (χ3v) is 6.16. The number of ether oxygens (including phenoxy) is 3. The van der Waals surface area contributed by atoms with Crippen molar-refractivity contribution in [2.24, 2.45) is 5.92 Å². The van der Waals surface area contributed by atoms with Crippen molar-refractivity contribution in [3.05, 3.63) is 54.1 Å². The number of benzene rings is 2. The lowest BCUT2D eigenvalue weighted by atomic mass is 9.98. The number of carbonyl (C=O) groups excluding carboxylic acids is 1. The van der Waals surface area contributed by atoms with Gasteiger partial charge >= 0.3 is 5.97 Å². The van der Waals surface area contributed by atoms with Crippen LogP contribution in [-0.2, 0) is 0 Å². The van der Waals surface area contributed by atoms with Crippen molar-refractivity contribution in [2.75, 3.05) is 13.2 Å². The number of rotatable bonds is 17. The highest BCUT2D eigenvalue weighted by atomic mass is 35.5. The lowest BCUT2D eigenvalue weighted by Gasteiger charge is -2.15. The molecule has 5 heteroatoms. The second-order valence-electron chi connectivity index (χ2n) is 9.01. The molecule has 0 spiro atoms. The Balaban J connectivity index is 1.69. The molecule has 2 rings (SSSR count). The summed E-state index contributed by atoms with van der Waals surface area (Å²) < 4.78 is 17.0. The summed E-state index contributed by atoms with van der Waals surface area (Å²) in [7, 11) is 0. The molecular weight excluding hydrogens is 448 g/mol. The van der Waals surface area contributed by atoms with Crippen molar-refractivity contribution >= 4 is 17.6 Å². The van der Waals surface area contributed by atoms with E-state index in [1.165, 1.54) is 19.3 Å². The molecule has 0 N–H and O–H groups in total. The molecular formula is C29H41ClO4. The summed E-state index contributed by atoms with van der Waals surface area (Å²) in [5.41, 5.74) is 0.487. The Labute approximate surface area is 210 Å². The average Bonchev–Trinajstić information content (AvgIpc) is 2.83. The van der Waals surface area contributed by atoms with Crippen molar-refractivity contribution in [3.8, 4) is 17.2 Å². The maximum atomic E-state index is 12.4. The van der Waals surface area contributed by atoms with E-state index in [-0.39, 0.29) is 5.38 Å². The molecule has 0 radical (unpaired) electrons. The summed E-state index contributed by atoms with van der Waals surface area (Å²) in [6.45, 7) is 7.97. The summed E-state index contributed by atoms with van der Waals surface area (Å²) in [5, 5.41) is 0.278. The predicted molar refractivity (Wildman–Crippen MR) is 141 cm³/mol. The molecule has 0 amide bonds. The maximum absolute atomic E-state index is 12.4. The SMILES string of the molecule is CCCCCCOc1ccc(OC(=O)c2ccc(OCCC[C@@H](C)CC(Cl)CCC)cc2)cc1. The quantitative estimate of drug-likeness (QED) is 0.0969. The first kappa shape index (κ1) is 28.0. The highest BCUT2D eigenvalue weighted by Crippen LogP contribution is 2.22. The van der Waals surface area contributed by atoms with Crippen LogP contribution in [0.4, 0.5) is 0 Å². The van der Waals surface area contributed by atoms with E-state index in [0.29, 0.717) is 30.4 Å². The highest BCUT2D eigenvalue weighted by molar-refractivity contribution is 6.20. The van der Waals surface area contributed by atoms with Crippen LogP contribution in [0.5, 0.6) is 17.2 Å². The first-order valence-corrected chi connectivity index (χ1v) is 13.3. The van der Waals surface area contributed by atoms with Crippen LogP contribution in [-0.4, -0.2) is 24.6 Å². The highest BCUT2D eigenvalue weighted by Gasteiger charge is 2.11. The van der Waals surface area contributed by atoms with Crippen LogP contribution in [0.2, 0.25) is 0 Å². The minimum atomic E-state index is -0.392. The monoisotopic (exact) mass is 488 g/mol. The molecule has 2 atom stereocenters. The molecule has 0 fully saturated rings. The van der Waals surface area contributed by atoms with Crippen LogP contribution in [0.3, 0.4) is 0 Å². The van der Waals surface area contributed by atoms with Gasteiger partial charge in [-0.2, -0.15) is 0 Å². The lowest BCUT2D eigenvalue weighted by Crippen LogP contribution is -2.09. The Kier molecular flexibility index (Phi) is 13.6. The van der Waals surface area contributed by atoms with Gasteiger partial charge in [0.25, 0.3) is 0 Å². The van der Waals surface area contributed by atoms with E-state index in [0.717, 1.165) is 50.0 Å². The topological polar surface area (TPSA) is 44.8 Å². The van der Waals surface area contributed by atoms with E-state index >= 15 is 0 Å². The Morgan fingerprint density at radius 2 is 1.35 bits per heavy atom. The summed E-state index contributed by atoms with van der Waals surface area (Å²) >= 11 is 6.34. The summed E-state index contributed by atoms with van der Waals surface area (Å²) in [6.07, 6.45) is 10.0. The third kappa shape index (κ3) is 11.3. The number of unbranched alkanes of at least 4 members (excludes halogenated alkanes) is 3. The van der Waals surface area contributed by atoms with E-state index in [4.69, 9.17) is 25.8 Å². The van der Waals surface area contributed by atoms with Gasteiger partial charge in [-0.1, -0.05) is 46.5 Å². The van der Waals surface area contributed by atoms with Crippen LogP contribution in [0.1, 0.15) is 88.9 Å². The molecule has 188 valence electrons. The van der Waals surface area contributed by atoms with Crippen LogP contribution in [0.15, 0.2) is 48.5 Å². The van der Waals surface area contributed by atoms with Gasteiger partial charge in [0.15, 0.2) is 0 Å². The fraction of sp³-hybridized carbons (Fsp3) is 0.552. The van der Waals surface area contributed by atoms with Crippen LogP contribution in [0.25, 0.3) is 0 Å².